The molecule has 0 saturated carbocycles. The monoisotopic (exact) mass is 452 g/mol. The predicted octanol–water partition coefficient (Wildman–Crippen LogP) is 5.01. The van der Waals surface area contributed by atoms with Crippen LogP contribution in [-0.4, -0.2) is 17.6 Å². The number of halogens is 1. The van der Waals surface area contributed by atoms with Crippen LogP contribution < -0.4 is 10.6 Å². The summed E-state index contributed by atoms with van der Waals surface area (Å²) in [6.45, 7) is 1.87. The number of thiophene rings is 1. The van der Waals surface area contributed by atoms with Gasteiger partial charge in [0.2, 0.25) is 5.91 Å². The van der Waals surface area contributed by atoms with E-state index in [4.69, 9.17) is 11.6 Å². The highest BCUT2D eigenvalue weighted by atomic mass is 35.5. The summed E-state index contributed by atoms with van der Waals surface area (Å²) in [5, 5.41) is 6.84. The Morgan fingerprint density at radius 3 is 2.32 bits per heavy atom. The van der Waals surface area contributed by atoms with Gasteiger partial charge in [0.05, 0.1) is 5.56 Å². The van der Waals surface area contributed by atoms with Gasteiger partial charge in [0.25, 0.3) is 5.91 Å². The van der Waals surface area contributed by atoms with Crippen molar-refractivity contribution in [2.24, 2.45) is 0 Å². The lowest BCUT2D eigenvalue weighted by Gasteiger charge is -2.09. The van der Waals surface area contributed by atoms with Crippen molar-refractivity contribution in [2.45, 2.75) is 32.7 Å². The van der Waals surface area contributed by atoms with Gasteiger partial charge in [0.15, 0.2) is 5.78 Å². The Hall–Kier alpha value is -2.96. The van der Waals surface area contributed by atoms with E-state index in [0.717, 1.165) is 30.4 Å². The normalized spacial score (nSPS) is 12.3. The molecule has 1 aromatic heterocycles. The molecule has 0 saturated heterocycles. The van der Waals surface area contributed by atoms with E-state index in [1.807, 2.05) is 0 Å². The maximum absolute atomic E-state index is 13.3. The third kappa shape index (κ3) is 4.70. The van der Waals surface area contributed by atoms with Crippen molar-refractivity contribution in [1.82, 2.24) is 5.32 Å². The lowest BCUT2D eigenvalue weighted by atomic mass is 10.0. The van der Waals surface area contributed by atoms with E-state index in [0.29, 0.717) is 33.3 Å². The van der Waals surface area contributed by atoms with Gasteiger partial charge in [-0.15, -0.1) is 11.3 Å². The molecule has 0 fully saturated rings. The number of hydrogen-bond donors (Lipinski definition) is 2. The number of nitrogens with one attached hydrogen (secondary N) is 2. The first-order valence-corrected chi connectivity index (χ1v) is 11.2. The molecule has 0 aliphatic heterocycles. The Labute approximate surface area is 189 Å². The molecule has 0 unspecified atom stereocenters. The first-order valence-electron chi connectivity index (χ1n) is 10.0. The zero-order valence-corrected chi connectivity index (χ0v) is 18.5. The second-order valence-corrected chi connectivity index (χ2v) is 9.00. The molecule has 4 rings (SSSR count). The summed E-state index contributed by atoms with van der Waals surface area (Å²) < 4.78 is 0. The standard InChI is InChI=1S/C24H21ClN2O3S/c1-14(28)26-13-15-5-7-17(8-6-15)23(30)27-24-21(19-3-2-4-20(19)31-24)22(29)16-9-11-18(25)12-10-16/h5-12H,2-4,13H2,1H3,(H,26,28)(H,27,30). The van der Waals surface area contributed by atoms with Crippen molar-refractivity contribution in [3.05, 3.63) is 86.2 Å². The molecule has 2 N–H and O–H groups in total. The Bertz CT molecular complexity index is 1150. The number of benzene rings is 2. The number of amides is 2. The average molecular weight is 453 g/mol. The fourth-order valence-corrected chi connectivity index (χ4v) is 5.06. The van der Waals surface area contributed by atoms with Crippen LogP contribution in [0.1, 0.15) is 55.6 Å². The van der Waals surface area contributed by atoms with E-state index in [1.54, 1.807) is 48.5 Å². The Balaban J connectivity index is 1.57. The zero-order chi connectivity index (χ0) is 22.0. The van der Waals surface area contributed by atoms with Gasteiger partial charge in [-0.1, -0.05) is 23.7 Å². The maximum Gasteiger partial charge on any atom is 0.256 e. The van der Waals surface area contributed by atoms with E-state index in [9.17, 15) is 14.4 Å². The number of hydrogen-bond acceptors (Lipinski definition) is 4. The van der Waals surface area contributed by atoms with E-state index in [1.165, 1.54) is 23.1 Å². The van der Waals surface area contributed by atoms with E-state index in [2.05, 4.69) is 10.6 Å². The van der Waals surface area contributed by atoms with Gasteiger partial charge in [-0.05, 0) is 66.8 Å². The van der Waals surface area contributed by atoms with Crippen LogP contribution in [0.5, 0.6) is 0 Å². The summed E-state index contributed by atoms with van der Waals surface area (Å²) in [5.74, 6) is -0.473. The number of carbonyl (C=O) groups is 3. The summed E-state index contributed by atoms with van der Waals surface area (Å²) in [5.41, 5.74) is 3.58. The third-order valence-electron chi connectivity index (χ3n) is 5.24. The van der Waals surface area contributed by atoms with E-state index < -0.39 is 0 Å². The predicted molar refractivity (Wildman–Crippen MR) is 123 cm³/mol. The summed E-state index contributed by atoms with van der Waals surface area (Å²) >= 11 is 7.45. The smallest absolute Gasteiger partial charge is 0.256 e. The van der Waals surface area contributed by atoms with Crippen LogP contribution in [-0.2, 0) is 24.2 Å². The van der Waals surface area contributed by atoms with Gasteiger partial charge in [-0.2, -0.15) is 0 Å². The van der Waals surface area contributed by atoms with Crippen molar-refractivity contribution in [2.75, 3.05) is 5.32 Å². The fraction of sp³-hybridized carbons (Fsp3) is 0.208. The fourth-order valence-electron chi connectivity index (χ4n) is 3.65. The number of fused-ring (bicyclic) bond motifs is 1. The number of anilines is 1. The summed E-state index contributed by atoms with van der Waals surface area (Å²) in [7, 11) is 0. The molecular formula is C24H21ClN2O3S. The van der Waals surface area contributed by atoms with Gasteiger partial charge >= 0.3 is 0 Å². The molecule has 0 spiro atoms. The molecule has 158 valence electrons. The minimum Gasteiger partial charge on any atom is -0.352 e. The second kappa shape index (κ2) is 9.04. The van der Waals surface area contributed by atoms with Crippen LogP contribution in [0.15, 0.2) is 48.5 Å². The van der Waals surface area contributed by atoms with Crippen LogP contribution >= 0.6 is 22.9 Å². The van der Waals surface area contributed by atoms with Crippen molar-refractivity contribution in [1.29, 1.82) is 0 Å². The maximum atomic E-state index is 13.3. The molecule has 0 atom stereocenters. The summed E-state index contributed by atoms with van der Waals surface area (Å²) in [4.78, 5) is 38.4. The minimum atomic E-state index is -0.267. The Morgan fingerprint density at radius 1 is 0.968 bits per heavy atom. The van der Waals surface area contributed by atoms with Crippen LogP contribution in [0.3, 0.4) is 0 Å². The molecule has 0 bridgehead atoms. The number of aryl methyl sites for hydroxylation is 1. The second-order valence-electron chi connectivity index (χ2n) is 7.46. The largest absolute Gasteiger partial charge is 0.352 e. The first-order chi connectivity index (χ1) is 14.9. The lowest BCUT2D eigenvalue weighted by Crippen LogP contribution is -2.19. The molecular weight excluding hydrogens is 432 g/mol. The quantitative estimate of drug-likeness (QED) is 0.516. The molecule has 1 heterocycles. The average Bonchev–Trinajstić information content (AvgIpc) is 3.33. The minimum absolute atomic E-state index is 0.1000. The van der Waals surface area contributed by atoms with Gasteiger partial charge < -0.3 is 10.6 Å². The molecule has 31 heavy (non-hydrogen) atoms. The van der Waals surface area contributed by atoms with Crippen LogP contribution in [0, 0.1) is 0 Å². The Kier molecular flexibility index (Phi) is 6.20. The summed E-state index contributed by atoms with van der Waals surface area (Å²) in [6, 6.07) is 13.9. The van der Waals surface area contributed by atoms with Gasteiger partial charge in [-0.3, -0.25) is 14.4 Å². The van der Waals surface area contributed by atoms with Crippen LogP contribution in [0.25, 0.3) is 0 Å². The highest BCUT2D eigenvalue weighted by Gasteiger charge is 2.28. The van der Waals surface area contributed by atoms with Crippen molar-refractivity contribution < 1.29 is 14.4 Å². The first kappa shape index (κ1) is 21.3. The van der Waals surface area contributed by atoms with Crippen LogP contribution in [0.4, 0.5) is 5.00 Å². The molecule has 2 aromatic carbocycles. The van der Waals surface area contributed by atoms with Crippen molar-refractivity contribution in [3.8, 4) is 0 Å². The van der Waals surface area contributed by atoms with E-state index in [-0.39, 0.29) is 17.6 Å². The Morgan fingerprint density at radius 2 is 1.65 bits per heavy atom. The van der Waals surface area contributed by atoms with Crippen LogP contribution in [0.2, 0.25) is 5.02 Å². The number of ketones is 1. The molecule has 1 aliphatic rings. The molecule has 2 amide bonds. The molecule has 5 nitrogen and oxygen atoms in total. The van der Waals surface area contributed by atoms with Crippen molar-refractivity contribution >= 4 is 45.5 Å². The number of rotatable bonds is 6. The molecule has 3 aromatic rings. The van der Waals surface area contributed by atoms with E-state index >= 15 is 0 Å². The topological polar surface area (TPSA) is 75.3 Å². The summed E-state index contributed by atoms with van der Waals surface area (Å²) in [6.07, 6.45) is 2.79. The lowest BCUT2D eigenvalue weighted by molar-refractivity contribution is -0.119. The van der Waals surface area contributed by atoms with Crippen molar-refractivity contribution in [3.63, 3.8) is 0 Å². The number of carbonyl (C=O) groups excluding carboxylic acids is 3. The molecule has 0 radical (unpaired) electrons. The van der Waals surface area contributed by atoms with Gasteiger partial charge in [0.1, 0.15) is 5.00 Å². The third-order valence-corrected chi connectivity index (χ3v) is 6.70. The highest BCUT2D eigenvalue weighted by molar-refractivity contribution is 7.17. The van der Waals surface area contributed by atoms with Gasteiger partial charge in [-0.25, -0.2) is 0 Å². The molecule has 7 heteroatoms. The highest BCUT2D eigenvalue weighted by Crippen LogP contribution is 2.40. The zero-order valence-electron chi connectivity index (χ0n) is 17.0. The van der Waals surface area contributed by atoms with Gasteiger partial charge in [0, 0.05) is 34.5 Å². The SMILES string of the molecule is CC(=O)NCc1ccc(C(=O)Nc2sc3c(c2C(=O)c2ccc(Cl)cc2)CCC3)cc1. The molecule has 1 aliphatic carbocycles.